The van der Waals surface area contributed by atoms with Gasteiger partial charge in [-0.2, -0.15) is 10.5 Å². The molecule has 6 fully saturated rings. The molecular formula is C58H43N3O. The summed E-state index contributed by atoms with van der Waals surface area (Å²) in [6.07, 6.45) is 12.9. The van der Waals surface area contributed by atoms with Crippen LogP contribution in [0.4, 0.5) is 0 Å². The third-order valence-corrected chi connectivity index (χ3v) is 20.1. The van der Waals surface area contributed by atoms with E-state index >= 15 is 0 Å². The second-order valence-electron chi connectivity index (χ2n) is 21.9. The van der Waals surface area contributed by atoms with E-state index in [1.165, 1.54) is 147 Å². The molecule has 0 aliphatic heterocycles. The maximum absolute atomic E-state index is 11.2. The van der Waals surface area contributed by atoms with Crippen LogP contribution in [-0.2, 0) is 0 Å². The quantitative estimate of drug-likeness (QED) is 0.175. The number of rotatable bonds is 2. The fourth-order valence-electron chi connectivity index (χ4n) is 18.1. The van der Waals surface area contributed by atoms with Gasteiger partial charge < -0.3 is 8.82 Å². The number of hydrogen-bond acceptors (Lipinski definition) is 3. The first-order chi connectivity index (χ1) is 30.5. The number of fused-ring (bicyclic) bond motifs is 21. The summed E-state index contributed by atoms with van der Waals surface area (Å²) in [5.74, 6) is 5.25. The van der Waals surface area contributed by atoms with Crippen molar-refractivity contribution in [1.82, 2.24) is 4.40 Å². The summed E-state index contributed by atoms with van der Waals surface area (Å²) in [5.41, 5.74) is 18.9. The zero-order valence-corrected chi connectivity index (χ0v) is 34.6. The van der Waals surface area contributed by atoms with Crippen molar-refractivity contribution < 1.29 is 4.42 Å². The zero-order valence-electron chi connectivity index (χ0n) is 34.6. The molecule has 0 radical (unpaired) electrons. The predicted octanol–water partition coefficient (Wildman–Crippen LogP) is 14.6. The van der Waals surface area contributed by atoms with Gasteiger partial charge in [-0.25, -0.2) is 0 Å². The smallest absolute Gasteiger partial charge is 0.136 e. The molecule has 10 atom stereocenters. The second-order valence-corrected chi connectivity index (χ2v) is 21.9. The first-order valence-electron chi connectivity index (χ1n) is 23.7. The number of aromatic nitrogens is 1. The van der Waals surface area contributed by atoms with Gasteiger partial charge in [0.05, 0.1) is 39.8 Å². The minimum Gasteiger partial charge on any atom is -0.456 e. The van der Waals surface area contributed by atoms with Gasteiger partial charge in [0.15, 0.2) is 0 Å². The Balaban J connectivity index is 1.06. The van der Waals surface area contributed by atoms with Gasteiger partial charge in [0, 0.05) is 32.3 Å². The molecule has 0 N–H and O–H groups in total. The van der Waals surface area contributed by atoms with E-state index < -0.39 is 0 Å². The Labute approximate surface area is 359 Å². The molecule has 6 bridgehead atoms. The van der Waals surface area contributed by atoms with Gasteiger partial charge in [-0.3, -0.25) is 0 Å². The lowest BCUT2D eigenvalue weighted by Crippen LogP contribution is -2.41. The van der Waals surface area contributed by atoms with Gasteiger partial charge >= 0.3 is 0 Å². The van der Waals surface area contributed by atoms with Gasteiger partial charge in [-0.1, -0.05) is 48.5 Å². The van der Waals surface area contributed by atoms with Crippen LogP contribution in [0.15, 0.2) is 95.4 Å². The van der Waals surface area contributed by atoms with E-state index in [1.54, 1.807) is 0 Å². The van der Waals surface area contributed by atoms with Crippen molar-refractivity contribution in [1.29, 1.82) is 10.5 Å². The van der Waals surface area contributed by atoms with Gasteiger partial charge in [0.2, 0.25) is 0 Å². The number of nitriles is 2. The summed E-state index contributed by atoms with van der Waals surface area (Å²) in [6, 6.07) is 39.4. The number of nitrogens with zero attached hydrogens (tertiary/aromatic N) is 3. The second kappa shape index (κ2) is 10.4. The van der Waals surface area contributed by atoms with Crippen molar-refractivity contribution in [2.75, 3.05) is 0 Å². The van der Waals surface area contributed by atoms with Gasteiger partial charge in [-0.15, -0.1) is 0 Å². The van der Waals surface area contributed by atoms with Crippen LogP contribution in [-0.4, -0.2) is 4.40 Å². The summed E-state index contributed by atoms with van der Waals surface area (Å²) in [7, 11) is 0. The highest BCUT2D eigenvalue weighted by Crippen LogP contribution is 2.78. The van der Waals surface area contributed by atoms with Crippen LogP contribution < -0.4 is 0 Å². The Kier molecular flexibility index (Phi) is 5.46. The molecule has 10 unspecified atom stereocenters. The van der Waals surface area contributed by atoms with Crippen LogP contribution in [0.1, 0.15) is 121 Å². The van der Waals surface area contributed by atoms with E-state index in [4.69, 9.17) is 4.42 Å². The molecule has 9 aromatic rings. The van der Waals surface area contributed by atoms with Gasteiger partial charge in [0.1, 0.15) is 11.2 Å². The van der Waals surface area contributed by atoms with Gasteiger partial charge in [-0.05, 0) is 209 Å². The Morgan fingerprint density at radius 2 is 1.00 bits per heavy atom. The normalized spacial score (nSPS) is 32.6. The molecule has 0 amide bonds. The number of hydrogen-bond donors (Lipinski definition) is 0. The lowest BCUT2D eigenvalue weighted by atomic mass is 9.56. The average molecular weight is 798 g/mol. The predicted molar refractivity (Wildman–Crippen MR) is 245 cm³/mol. The first-order valence-corrected chi connectivity index (χ1v) is 23.7. The Morgan fingerprint density at radius 1 is 0.484 bits per heavy atom. The first kappa shape index (κ1) is 32.6. The Morgan fingerprint density at radius 3 is 1.56 bits per heavy atom. The molecule has 8 aliphatic rings. The standard InChI is InChI=1S/C58H43N3O/c59-26-34-16-46-54(52-32-12-38-18-36-10-30(50(34)52)22-57(36,38)24-32)44-14-29(41-20-43-40-8-4-5-9-48(40)62-49(43)21-42(41)28-6-2-1-3-7-28)15-45-55-47(61(46)56(44)45)17-35(27-60)51-31-11-37-19-39-13-33(53(51)55)25-58(37,39)23-31/h1-9,14-17,20-21,30-33,36-39H,10-13,18-19,22-25H2. The summed E-state index contributed by atoms with van der Waals surface area (Å²) in [6.45, 7) is 0. The molecule has 296 valence electrons. The molecule has 2 spiro atoms. The van der Waals surface area contributed by atoms with Crippen LogP contribution in [0.25, 0.3) is 82.3 Å². The Hall–Kier alpha value is -6.10. The topological polar surface area (TPSA) is 65.1 Å². The van der Waals surface area contributed by atoms with Crippen molar-refractivity contribution in [2.45, 2.75) is 87.9 Å². The molecular weight excluding hydrogens is 755 g/mol. The highest BCUT2D eigenvalue weighted by atomic mass is 16.3. The average Bonchev–Trinajstić information content (AvgIpc) is 4.14. The van der Waals surface area contributed by atoms with Crippen molar-refractivity contribution in [2.24, 2.45) is 34.5 Å². The fraction of sp³-hybridized carbons (Fsp3) is 0.345. The van der Waals surface area contributed by atoms with Crippen LogP contribution in [0, 0.1) is 57.2 Å². The molecule has 6 saturated carbocycles. The highest BCUT2D eigenvalue weighted by molar-refractivity contribution is 6.27. The summed E-state index contributed by atoms with van der Waals surface area (Å²) in [5, 5.41) is 30.1. The summed E-state index contributed by atoms with van der Waals surface area (Å²) >= 11 is 0. The Bertz CT molecular complexity index is 3540. The van der Waals surface area contributed by atoms with E-state index in [0.717, 1.165) is 56.7 Å². The van der Waals surface area contributed by atoms with E-state index in [1.807, 2.05) is 0 Å². The molecule has 17 rings (SSSR count). The molecule has 62 heavy (non-hydrogen) atoms. The van der Waals surface area contributed by atoms with Crippen molar-refractivity contribution in [3.05, 3.63) is 124 Å². The monoisotopic (exact) mass is 797 g/mol. The van der Waals surface area contributed by atoms with E-state index in [0.29, 0.717) is 34.5 Å². The van der Waals surface area contributed by atoms with Crippen molar-refractivity contribution >= 4 is 60.0 Å². The maximum atomic E-state index is 11.2. The SMILES string of the molecule is N#Cc1cc2c(c3c1C1CC4CC5CC3CC45C1)c1cc(-c3cc4c(cc3-c3ccccc3)oc3ccccc34)cc3c4c5c(c(C#N)cc4n2c13)C1CC2CC3CC5CC23C1. The van der Waals surface area contributed by atoms with E-state index in [9.17, 15) is 10.5 Å². The number of para-hydroxylation sites is 1. The molecule has 8 aliphatic carbocycles. The van der Waals surface area contributed by atoms with Crippen molar-refractivity contribution in [3.63, 3.8) is 0 Å². The van der Waals surface area contributed by atoms with Crippen LogP contribution in [0.5, 0.6) is 0 Å². The number of benzene rings is 6. The van der Waals surface area contributed by atoms with E-state index in [2.05, 4.69) is 108 Å². The van der Waals surface area contributed by atoms with Crippen LogP contribution in [0.2, 0.25) is 0 Å². The fourth-order valence-corrected chi connectivity index (χ4v) is 18.1. The lowest BCUT2D eigenvalue weighted by molar-refractivity contribution is 0.00321. The minimum absolute atomic E-state index is 0.472. The minimum atomic E-state index is 0.472. The third-order valence-electron chi connectivity index (χ3n) is 20.1. The largest absolute Gasteiger partial charge is 0.456 e. The lowest BCUT2D eigenvalue weighted by Gasteiger charge is -2.48. The number of furan rings is 1. The van der Waals surface area contributed by atoms with Crippen LogP contribution >= 0.6 is 0 Å². The molecule has 6 aromatic carbocycles. The third kappa shape index (κ3) is 3.46. The van der Waals surface area contributed by atoms with Crippen LogP contribution in [0.3, 0.4) is 0 Å². The molecule has 4 heteroatoms. The van der Waals surface area contributed by atoms with Crippen molar-refractivity contribution in [3.8, 4) is 34.4 Å². The highest BCUT2D eigenvalue weighted by Gasteiger charge is 2.67. The summed E-state index contributed by atoms with van der Waals surface area (Å²) in [4.78, 5) is 0. The molecule has 3 heterocycles. The summed E-state index contributed by atoms with van der Waals surface area (Å²) < 4.78 is 9.15. The molecule has 3 aromatic heterocycles. The zero-order chi connectivity index (χ0) is 40.1. The maximum Gasteiger partial charge on any atom is 0.136 e. The van der Waals surface area contributed by atoms with Gasteiger partial charge in [0.25, 0.3) is 0 Å². The molecule has 0 saturated heterocycles. The van der Waals surface area contributed by atoms with E-state index in [-0.39, 0.29) is 0 Å². The molecule has 4 nitrogen and oxygen atoms in total.